The van der Waals surface area contributed by atoms with Gasteiger partial charge in [-0.15, -0.1) is 12.4 Å². The maximum atomic E-state index is 3.27. The molecule has 2 heteroatoms. The molecule has 1 N–H and O–H groups in total. The smallest absolute Gasteiger partial charge is 0.00227 e. The van der Waals surface area contributed by atoms with E-state index in [9.17, 15) is 0 Å². The summed E-state index contributed by atoms with van der Waals surface area (Å²) in [4.78, 5) is 0. The van der Waals surface area contributed by atoms with Gasteiger partial charge in [0.1, 0.15) is 0 Å². The van der Waals surface area contributed by atoms with E-state index < -0.39 is 0 Å². The Bertz CT molecular complexity index is 41.3. The summed E-state index contributed by atoms with van der Waals surface area (Å²) >= 11 is 0. The van der Waals surface area contributed by atoms with Crippen molar-refractivity contribution in [3.8, 4) is 0 Å². The molecule has 0 radical (unpaired) electrons. The molecule has 1 aliphatic rings. The van der Waals surface area contributed by atoms with Crippen LogP contribution in [0.4, 0.5) is 0 Å². The van der Waals surface area contributed by atoms with Crippen LogP contribution < -0.4 is 5.32 Å². The molecule has 1 unspecified atom stereocenters. The van der Waals surface area contributed by atoms with Crippen molar-refractivity contribution in [3.05, 3.63) is 0 Å². The van der Waals surface area contributed by atoms with Crippen LogP contribution in [0, 0.1) is 5.92 Å². The first-order chi connectivity index (χ1) is 2.89. The minimum Gasteiger partial charge on any atom is -0.316 e. The molecule has 1 aliphatic heterocycles. The van der Waals surface area contributed by atoms with E-state index in [-0.39, 0.29) is 12.4 Å². The summed E-state index contributed by atoms with van der Waals surface area (Å²) in [5.74, 6) is 0.935. The van der Waals surface area contributed by atoms with Crippen molar-refractivity contribution in [1.29, 1.82) is 0 Å². The minimum absolute atomic E-state index is 0. The second kappa shape index (κ2) is 3.28. The molecule has 7 heavy (non-hydrogen) atoms. The number of halogens is 1. The SMILES string of the molecule is CC1CCNC1.Cl. The third-order valence-electron chi connectivity index (χ3n) is 1.31. The lowest BCUT2D eigenvalue weighted by molar-refractivity contribution is 0.651. The zero-order chi connectivity index (χ0) is 4.41. The molecule has 0 amide bonds. The lowest BCUT2D eigenvalue weighted by atomic mass is 10.2. The first-order valence-electron chi connectivity index (χ1n) is 2.60. The molecule has 1 saturated heterocycles. The molecule has 0 aliphatic carbocycles. The predicted molar refractivity (Wildman–Crippen MR) is 33.9 cm³/mol. The maximum Gasteiger partial charge on any atom is -0.00227 e. The fourth-order valence-corrected chi connectivity index (χ4v) is 0.799. The van der Waals surface area contributed by atoms with Crippen molar-refractivity contribution in [2.75, 3.05) is 13.1 Å². The Morgan fingerprint density at radius 2 is 2.29 bits per heavy atom. The van der Waals surface area contributed by atoms with E-state index in [1.165, 1.54) is 19.5 Å². The van der Waals surface area contributed by atoms with Gasteiger partial charge in [-0.3, -0.25) is 0 Å². The highest BCUT2D eigenvalue weighted by Crippen LogP contribution is 2.03. The molecule has 1 fully saturated rings. The van der Waals surface area contributed by atoms with Gasteiger partial charge in [-0.2, -0.15) is 0 Å². The van der Waals surface area contributed by atoms with Crippen LogP contribution in [-0.2, 0) is 0 Å². The van der Waals surface area contributed by atoms with Crippen LogP contribution in [0.1, 0.15) is 13.3 Å². The molecule has 0 bridgehead atoms. The average molecular weight is 122 g/mol. The number of rotatable bonds is 0. The van der Waals surface area contributed by atoms with Crippen molar-refractivity contribution in [2.24, 2.45) is 5.92 Å². The van der Waals surface area contributed by atoms with Gasteiger partial charge >= 0.3 is 0 Å². The summed E-state index contributed by atoms with van der Waals surface area (Å²) in [6.07, 6.45) is 1.38. The zero-order valence-electron chi connectivity index (χ0n) is 4.61. The summed E-state index contributed by atoms with van der Waals surface area (Å²) in [7, 11) is 0. The summed E-state index contributed by atoms with van der Waals surface area (Å²) < 4.78 is 0. The van der Waals surface area contributed by atoms with E-state index in [1.54, 1.807) is 0 Å². The molecular weight excluding hydrogens is 110 g/mol. The van der Waals surface area contributed by atoms with Crippen molar-refractivity contribution >= 4 is 12.4 Å². The molecule has 0 aromatic heterocycles. The number of nitrogens with one attached hydrogen (secondary N) is 1. The van der Waals surface area contributed by atoms with Crippen molar-refractivity contribution < 1.29 is 0 Å². The molecule has 1 nitrogen and oxygen atoms in total. The third-order valence-corrected chi connectivity index (χ3v) is 1.31. The van der Waals surface area contributed by atoms with E-state index in [0.29, 0.717) is 0 Å². The fourth-order valence-electron chi connectivity index (χ4n) is 0.799. The topological polar surface area (TPSA) is 12.0 Å². The molecular formula is C5H12ClN. The van der Waals surface area contributed by atoms with Crippen molar-refractivity contribution in [2.45, 2.75) is 13.3 Å². The van der Waals surface area contributed by atoms with Crippen LogP contribution in [0.5, 0.6) is 0 Å². The fraction of sp³-hybridized carbons (Fsp3) is 1.00. The first-order valence-corrected chi connectivity index (χ1v) is 2.60. The Morgan fingerprint density at radius 3 is 2.43 bits per heavy atom. The van der Waals surface area contributed by atoms with Gasteiger partial charge in [-0.05, 0) is 25.4 Å². The van der Waals surface area contributed by atoms with Gasteiger partial charge in [0.25, 0.3) is 0 Å². The summed E-state index contributed by atoms with van der Waals surface area (Å²) in [6, 6.07) is 0. The lowest BCUT2D eigenvalue weighted by Crippen LogP contribution is -2.06. The lowest BCUT2D eigenvalue weighted by Gasteiger charge is -1.90. The second-order valence-electron chi connectivity index (χ2n) is 2.10. The minimum atomic E-state index is 0. The van der Waals surface area contributed by atoms with Gasteiger partial charge in [0, 0.05) is 0 Å². The average Bonchev–Trinajstić information content (AvgIpc) is 1.86. The van der Waals surface area contributed by atoms with Crippen LogP contribution in [0.25, 0.3) is 0 Å². The highest BCUT2D eigenvalue weighted by molar-refractivity contribution is 5.85. The molecule has 0 spiro atoms. The standard InChI is InChI=1S/C5H11N.ClH/c1-5-2-3-6-4-5;/h5-6H,2-4H2,1H3;1H. The third kappa shape index (κ3) is 2.15. The normalized spacial score (nSPS) is 29.6. The van der Waals surface area contributed by atoms with Crippen LogP contribution in [-0.4, -0.2) is 13.1 Å². The van der Waals surface area contributed by atoms with Crippen molar-refractivity contribution in [3.63, 3.8) is 0 Å². The monoisotopic (exact) mass is 121 g/mol. The van der Waals surface area contributed by atoms with Crippen molar-refractivity contribution in [1.82, 2.24) is 5.32 Å². The molecule has 0 aromatic carbocycles. The first kappa shape index (κ1) is 7.25. The van der Waals surface area contributed by atoms with E-state index in [0.717, 1.165) is 5.92 Å². The van der Waals surface area contributed by atoms with Gasteiger partial charge in [0.05, 0.1) is 0 Å². The maximum absolute atomic E-state index is 3.27. The largest absolute Gasteiger partial charge is 0.316 e. The van der Waals surface area contributed by atoms with Gasteiger partial charge in [0.2, 0.25) is 0 Å². The van der Waals surface area contributed by atoms with Crippen LogP contribution in [0.2, 0.25) is 0 Å². The summed E-state index contributed by atoms with van der Waals surface area (Å²) in [6.45, 7) is 4.75. The number of hydrogen-bond acceptors (Lipinski definition) is 1. The molecule has 1 atom stereocenters. The van der Waals surface area contributed by atoms with Gasteiger partial charge < -0.3 is 5.32 Å². The second-order valence-corrected chi connectivity index (χ2v) is 2.10. The Hall–Kier alpha value is 0.250. The Kier molecular flexibility index (Phi) is 3.39. The highest BCUT2D eigenvalue weighted by atomic mass is 35.5. The zero-order valence-corrected chi connectivity index (χ0v) is 5.42. The quantitative estimate of drug-likeness (QED) is 0.505. The van der Waals surface area contributed by atoms with Crippen LogP contribution >= 0.6 is 12.4 Å². The van der Waals surface area contributed by atoms with E-state index in [1.807, 2.05) is 0 Å². The van der Waals surface area contributed by atoms with E-state index in [2.05, 4.69) is 12.2 Å². The Labute approximate surface area is 50.9 Å². The van der Waals surface area contributed by atoms with E-state index >= 15 is 0 Å². The Morgan fingerprint density at radius 1 is 1.57 bits per heavy atom. The highest BCUT2D eigenvalue weighted by Gasteiger charge is 2.06. The molecule has 0 saturated carbocycles. The predicted octanol–water partition coefficient (Wildman–Crippen LogP) is 1.04. The molecule has 1 heterocycles. The summed E-state index contributed by atoms with van der Waals surface area (Å²) in [5, 5.41) is 3.27. The Balaban J connectivity index is 0.000000360. The summed E-state index contributed by atoms with van der Waals surface area (Å²) in [5.41, 5.74) is 0. The van der Waals surface area contributed by atoms with Gasteiger partial charge in [-0.25, -0.2) is 0 Å². The number of hydrogen-bond donors (Lipinski definition) is 1. The van der Waals surface area contributed by atoms with Crippen LogP contribution in [0.3, 0.4) is 0 Å². The molecule has 0 aromatic rings. The molecule has 44 valence electrons. The molecule has 1 rings (SSSR count). The van der Waals surface area contributed by atoms with Crippen LogP contribution in [0.15, 0.2) is 0 Å². The van der Waals surface area contributed by atoms with Gasteiger partial charge in [0.15, 0.2) is 0 Å². The van der Waals surface area contributed by atoms with E-state index in [4.69, 9.17) is 0 Å². The van der Waals surface area contributed by atoms with Gasteiger partial charge in [-0.1, -0.05) is 6.92 Å².